The van der Waals surface area contributed by atoms with Crippen molar-refractivity contribution in [1.29, 1.82) is 0 Å². The molecule has 3 heteroatoms. The summed E-state index contributed by atoms with van der Waals surface area (Å²) in [5.41, 5.74) is 2.57. The minimum Gasteiger partial charge on any atom is -0.380 e. The third-order valence-electron chi connectivity index (χ3n) is 3.18. The first-order valence-electron chi connectivity index (χ1n) is 6.79. The van der Waals surface area contributed by atoms with Gasteiger partial charge < -0.3 is 4.74 Å². The lowest BCUT2D eigenvalue weighted by molar-refractivity contribution is 0.128. The number of ether oxygens (including phenoxy) is 1. The fourth-order valence-electron chi connectivity index (χ4n) is 2.12. The van der Waals surface area contributed by atoms with Crippen LogP contribution in [0.1, 0.15) is 30.4 Å². The molecule has 0 saturated carbocycles. The van der Waals surface area contributed by atoms with Gasteiger partial charge in [-0.05, 0) is 41.8 Å². The van der Waals surface area contributed by atoms with Gasteiger partial charge in [-0.2, -0.15) is 0 Å². The van der Waals surface area contributed by atoms with Crippen LogP contribution in [0.5, 0.6) is 0 Å². The van der Waals surface area contributed by atoms with E-state index in [1.807, 2.05) is 0 Å². The number of hydrogen-bond donors (Lipinski definition) is 0. The van der Waals surface area contributed by atoms with Crippen molar-refractivity contribution in [3.05, 3.63) is 68.6 Å². The Hall–Kier alpha value is -0.640. The second-order valence-electron chi connectivity index (χ2n) is 4.73. The largest absolute Gasteiger partial charge is 0.380 e. The molecular weight excluding hydrogens is 380 g/mol. The summed E-state index contributed by atoms with van der Waals surface area (Å²) in [4.78, 5) is 0. The number of hydrogen-bond acceptors (Lipinski definition) is 1. The molecule has 0 N–H and O–H groups in total. The minimum atomic E-state index is 0.280. The lowest BCUT2D eigenvalue weighted by Crippen LogP contribution is -2.10. The van der Waals surface area contributed by atoms with Gasteiger partial charge in [0.05, 0.1) is 6.61 Å². The molecule has 0 aromatic heterocycles. The number of rotatable bonds is 6. The molecule has 0 aliphatic rings. The summed E-state index contributed by atoms with van der Waals surface area (Å²) in [7, 11) is 0. The van der Waals surface area contributed by atoms with Crippen LogP contribution in [0, 0.1) is 0 Å². The number of halogens is 2. The van der Waals surface area contributed by atoms with E-state index in [1.54, 1.807) is 0 Å². The van der Waals surface area contributed by atoms with Gasteiger partial charge in [0.1, 0.15) is 0 Å². The van der Waals surface area contributed by atoms with Crippen LogP contribution in [-0.4, -0.2) is 13.2 Å². The zero-order chi connectivity index (χ0) is 14.4. The van der Waals surface area contributed by atoms with Crippen molar-refractivity contribution < 1.29 is 4.74 Å². The topological polar surface area (TPSA) is 9.23 Å². The summed E-state index contributed by atoms with van der Waals surface area (Å²) in [6.45, 7) is 3.66. The summed E-state index contributed by atoms with van der Waals surface area (Å²) in [6, 6.07) is 17.0. The second kappa shape index (κ2) is 7.96. The summed E-state index contributed by atoms with van der Waals surface area (Å²) in [5.74, 6) is 0.280. The van der Waals surface area contributed by atoms with Gasteiger partial charge >= 0.3 is 0 Å². The molecule has 0 radical (unpaired) electrons. The zero-order valence-electron chi connectivity index (χ0n) is 11.5. The Labute approximate surface area is 137 Å². The van der Waals surface area contributed by atoms with E-state index in [0.717, 1.165) is 28.6 Å². The van der Waals surface area contributed by atoms with Crippen molar-refractivity contribution in [1.82, 2.24) is 0 Å². The van der Waals surface area contributed by atoms with E-state index in [4.69, 9.17) is 4.74 Å². The van der Waals surface area contributed by atoms with Crippen molar-refractivity contribution >= 4 is 31.9 Å². The molecule has 0 spiro atoms. The first kappa shape index (κ1) is 15.7. The average Bonchev–Trinajstić information content (AvgIpc) is 2.46. The van der Waals surface area contributed by atoms with Crippen LogP contribution in [0.3, 0.4) is 0 Å². The SMILES string of the molecule is CCCOCC(c1ccc(Br)cc1)c1ccc(Br)cc1. The van der Waals surface area contributed by atoms with E-state index in [0.29, 0.717) is 0 Å². The first-order valence-corrected chi connectivity index (χ1v) is 8.38. The Morgan fingerprint density at radius 3 is 1.70 bits per heavy atom. The van der Waals surface area contributed by atoms with Gasteiger partial charge in [-0.15, -0.1) is 0 Å². The lowest BCUT2D eigenvalue weighted by Gasteiger charge is -2.18. The van der Waals surface area contributed by atoms with Gasteiger partial charge in [-0.25, -0.2) is 0 Å². The monoisotopic (exact) mass is 396 g/mol. The van der Waals surface area contributed by atoms with Crippen LogP contribution in [0.25, 0.3) is 0 Å². The van der Waals surface area contributed by atoms with Crippen LogP contribution < -0.4 is 0 Å². The molecule has 0 saturated heterocycles. The second-order valence-corrected chi connectivity index (χ2v) is 6.56. The Morgan fingerprint density at radius 2 is 1.30 bits per heavy atom. The highest BCUT2D eigenvalue weighted by molar-refractivity contribution is 9.10. The molecule has 2 aromatic carbocycles. The molecule has 106 valence electrons. The average molecular weight is 398 g/mol. The standard InChI is InChI=1S/C17H18Br2O/c1-2-11-20-12-17(13-3-7-15(18)8-4-13)14-5-9-16(19)10-6-14/h3-10,17H,2,11-12H2,1H3. The normalized spacial score (nSPS) is 11.0. The molecule has 0 heterocycles. The summed E-state index contributed by atoms with van der Waals surface area (Å²) >= 11 is 6.97. The Morgan fingerprint density at radius 1 is 0.850 bits per heavy atom. The summed E-state index contributed by atoms with van der Waals surface area (Å²) in [5, 5.41) is 0. The van der Waals surface area contributed by atoms with Gasteiger partial charge in [0.2, 0.25) is 0 Å². The molecule has 1 nitrogen and oxygen atoms in total. The quantitative estimate of drug-likeness (QED) is 0.562. The minimum absolute atomic E-state index is 0.280. The van der Waals surface area contributed by atoms with Crippen LogP contribution >= 0.6 is 31.9 Å². The van der Waals surface area contributed by atoms with Gasteiger partial charge in [0.15, 0.2) is 0 Å². The van der Waals surface area contributed by atoms with E-state index in [9.17, 15) is 0 Å². The van der Waals surface area contributed by atoms with E-state index in [1.165, 1.54) is 11.1 Å². The maximum atomic E-state index is 5.79. The highest BCUT2D eigenvalue weighted by Gasteiger charge is 2.14. The predicted molar refractivity (Wildman–Crippen MR) is 91.2 cm³/mol. The van der Waals surface area contributed by atoms with Gasteiger partial charge in [-0.1, -0.05) is 63.0 Å². The third kappa shape index (κ3) is 4.44. The van der Waals surface area contributed by atoms with Gasteiger partial charge in [0.25, 0.3) is 0 Å². The zero-order valence-corrected chi connectivity index (χ0v) is 14.7. The highest BCUT2D eigenvalue weighted by atomic mass is 79.9. The van der Waals surface area contributed by atoms with Crippen LogP contribution in [0.15, 0.2) is 57.5 Å². The van der Waals surface area contributed by atoms with Crippen LogP contribution in [0.4, 0.5) is 0 Å². The van der Waals surface area contributed by atoms with Crippen molar-refractivity contribution in [2.75, 3.05) is 13.2 Å². The van der Waals surface area contributed by atoms with E-state index < -0.39 is 0 Å². The molecule has 0 bridgehead atoms. The smallest absolute Gasteiger partial charge is 0.0575 e. The summed E-state index contributed by atoms with van der Waals surface area (Å²) < 4.78 is 8.00. The Kier molecular flexibility index (Phi) is 6.27. The fraction of sp³-hybridized carbons (Fsp3) is 0.294. The number of benzene rings is 2. The molecule has 20 heavy (non-hydrogen) atoms. The Bertz CT molecular complexity index is 474. The maximum Gasteiger partial charge on any atom is 0.0575 e. The molecule has 0 fully saturated rings. The van der Waals surface area contributed by atoms with Crippen molar-refractivity contribution in [2.24, 2.45) is 0 Å². The molecule has 0 aliphatic carbocycles. The van der Waals surface area contributed by atoms with Crippen molar-refractivity contribution in [3.63, 3.8) is 0 Å². The predicted octanol–water partition coefficient (Wildman–Crippen LogP) is 5.77. The Balaban J connectivity index is 2.23. The van der Waals surface area contributed by atoms with Gasteiger partial charge in [0, 0.05) is 21.5 Å². The molecule has 0 atom stereocenters. The fourth-order valence-corrected chi connectivity index (χ4v) is 2.65. The lowest BCUT2D eigenvalue weighted by atomic mass is 9.92. The molecule has 0 aliphatic heterocycles. The van der Waals surface area contributed by atoms with E-state index in [-0.39, 0.29) is 5.92 Å². The third-order valence-corrected chi connectivity index (χ3v) is 4.24. The summed E-state index contributed by atoms with van der Waals surface area (Å²) in [6.07, 6.45) is 1.05. The van der Waals surface area contributed by atoms with Crippen molar-refractivity contribution in [3.8, 4) is 0 Å². The van der Waals surface area contributed by atoms with E-state index >= 15 is 0 Å². The maximum absolute atomic E-state index is 5.79. The van der Waals surface area contributed by atoms with Crippen LogP contribution in [-0.2, 0) is 4.74 Å². The van der Waals surface area contributed by atoms with Gasteiger partial charge in [-0.3, -0.25) is 0 Å². The molecule has 2 rings (SSSR count). The van der Waals surface area contributed by atoms with Crippen molar-refractivity contribution in [2.45, 2.75) is 19.3 Å². The molecule has 0 unspecified atom stereocenters. The van der Waals surface area contributed by atoms with Crippen LogP contribution in [0.2, 0.25) is 0 Å². The molecule has 0 amide bonds. The molecular formula is C17H18Br2O. The highest BCUT2D eigenvalue weighted by Crippen LogP contribution is 2.27. The molecule has 2 aromatic rings. The van der Waals surface area contributed by atoms with E-state index in [2.05, 4.69) is 87.3 Å². The first-order chi connectivity index (χ1) is 9.70.